The van der Waals surface area contributed by atoms with Crippen LogP contribution >= 0.6 is 12.4 Å². The van der Waals surface area contributed by atoms with Gasteiger partial charge in [-0.3, -0.25) is 14.9 Å². The minimum Gasteiger partial charge on any atom is -0.480 e. The number of carbonyl (C=O) groups is 2. The molecule has 0 aliphatic rings. The molecule has 0 aliphatic carbocycles. The maximum Gasteiger partial charge on any atom is 0.320 e. The molecule has 1 amide bonds. The monoisotopic (exact) mass is 378 g/mol. The zero-order valence-corrected chi connectivity index (χ0v) is 15.4. The van der Waals surface area contributed by atoms with Crippen molar-refractivity contribution in [3.63, 3.8) is 0 Å². The minimum absolute atomic E-state index is 0. The Hall–Kier alpha value is -1.64. The molecule has 7 nitrogen and oxygen atoms in total. The highest BCUT2D eigenvalue weighted by Gasteiger charge is 2.23. The van der Waals surface area contributed by atoms with E-state index in [9.17, 15) is 18.0 Å². The number of benzene rings is 1. The molecule has 0 fully saturated rings. The molecule has 9 heteroatoms. The van der Waals surface area contributed by atoms with Crippen LogP contribution in [0.2, 0.25) is 0 Å². The molecule has 2 unspecified atom stereocenters. The summed E-state index contributed by atoms with van der Waals surface area (Å²) in [6.07, 6.45) is 2.11. The lowest BCUT2D eigenvalue weighted by atomic mass is 10.1. The van der Waals surface area contributed by atoms with Gasteiger partial charge in [0.1, 0.15) is 6.04 Å². The summed E-state index contributed by atoms with van der Waals surface area (Å²) in [5.74, 6) is -1.52. The lowest BCUT2D eigenvalue weighted by Crippen LogP contribution is -2.47. The zero-order chi connectivity index (χ0) is 17.6. The number of carboxylic acid groups (broad SMARTS) is 1. The molecule has 24 heavy (non-hydrogen) atoms. The van der Waals surface area contributed by atoms with Crippen LogP contribution in [-0.4, -0.2) is 43.7 Å². The molecule has 0 heterocycles. The fourth-order valence-corrected chi connectivity index (χ4v) is 2.92. The third-order valence-electron chi connectivity index (χ3n) is 3.26. The molecule has 0 saturated heterocycles. The second kappa shape index (κ2) is 9.61. The smallest absolute Gasteiger partial charge is 0.320 e. The molecule has 0 bridgehead atoms. The molecule has 1 aromatic rings. The van der Waals surface area contributed by atoms with Crippen molar-refractivity contribution in [2.45, 2.75) is 43.7 Å². The first-order valence-electron chi connectivity index (χ1n) is 7.25. The molecular weight excluding hydrogens is 356 g/mol. The van der Waals surface area contributed by atoms with Crippen molar-refractivity contribution in [3.8, 4) is 0 Å². The van der Waals surface area contributed by atoms with Crippen molar-refractivity contribution in [1.82, 2.24) is 5.32 Å². The molecule has 0 aliphatic heterocycles. The van der Waals surface area contributed by atoms with E-state index in [0.29, 0.717) is 12.8 Å². The van der Waals surface area contributed by atoms with Crippen molar-refractivity contribution >= 4 is 39.8 Å². The molecule has 0 spiro atoms. The Kier molecular flexibility index (Phi) is 8.95. The first-order valence-corrected chi connectivity index (χ1v) is 9.14. The summed E-state index contributed by atoms with van der Waals surface area (Å²) in [6, 6.07) is 4.46. The number of rotatable bonds is 8. The summed E-state index contributed by atoms with van der Waals surface area (Å²) in [7, 11) is -3.48. The fraction of sp³-hybridized carbons (Fsp3) is 0.467. The average molecular weight is 379 g/mol. The molecular formula is C15H23ClN2O5S. The number of carboxylic acids is 1. The number of halogens is 1. The van der Waals surface area contributed by atoms with Crippen molar-refractivity contribution in [2.75, 3.05) is 11.6 Å². The lowest BCUT2D eigenvalue weighted by molar-refractivity contribution is -0.140. The predicted molar refractivity (Wildman–Crippen MR) is 94.4 cm³/mol. The summed E-state index contributed by atoms with van der Waals surface area (Å²) < 4.78 is 23.4. The van der Waals surface area contributed by atoms with E-state index in [-0.39, 0.29) is 23.0 Å². The van der Waals surface area contributed by atoms with Crippen molar-refractivity contribution < 1.29 is 23.1 Å². The van der Waals surface area contributed by atoms with Gasteiger partial charge in [0.05, 0.1) is 16.6 Å². The maximum atomic E-state index is 12.2. The molecule has 1 rings (SSSR count). The Morgan fingerprint density at radius 3 is 2.33 bits per heavy atom. The second-order valence-electron chi connectivity index (χ2n) is 5.33. The van der Waals surface area contributed by atoms with Gasteiger partial charge in [-0.2, -0.15) is 0 Å². The minimum atomic E-state index is -3.48. The second-order valence-corrected chi connectivity index (χ2v) is 7.31. The van der Waals surface area contributed by atoms with Crippen LogP contribution in [0.1, 0.15) is 26.7 Å². The first kappa shape index (κ1) is 22.4. The van der Waals surface area contributed by atoms with E-state index in [1.165, 1.54) is 19.1 Å². The van der Waals surface area contributed by atoms with Gasteiger partial charge in [-0.25, -0.2) is 8.42 Å². The highest BCUT2D eigenvalue weighted by molar-refractivity contribution is 7.90. The third-order valence-corrected chi connectivity index (χ3v) is 4.42. The number of hydrogen-bond acceptors (Lipinski definition) is 5. The number of carbonyl (C=O) groups excluding carboxylic acids is 1. The maximum absolute atomic E-state index is 12.2. The van der Waals surface area contributed by atoms with Crippen LogP contribution in [-0.2, 0) is 19.4 Å². The largest absolute Gasteiger partial charge is 0.480 e. The van der Waals surface area contributed by atoms with Gasteiger partial charge >= 0.3 is 5.97 Å². The van der Waals surface area contributed by atoms with Gasteiger partial charge < -0.3 is 10.4 Å². The van der Waals surface area contributed by atoms with Gasteiger partial charge in [-0.1, -0.05) is 25.5 Å². The van der Waals surface area contributed by atoms with E-state index in [0.717, 1.165) is 6.26 Å². The molecule has 0 saturated carbocycles. The molecule has 0 aromatic heterocycles. The van der Waals surface area contributed by atoms with Crippen LogP contribution in [0.25, 0.3) is 0 Å². The van der Waals surface area contributed by atoms with Crippen LogP contribution in [0.15, 0.2) is 29.2 Å². The average Bonchev–Trinajstić information content (AvgIpc) is 2.45. The molecule has 1 aromatic carbocycles. The number of hydrogen-bond donors (Lipinski definition) is 3. The standard InChI is InChI=1S/C15H22N2O5S.ClH/c1-4-7-12(15(19)20)16-10(2)14(18)17-11-8-5-6-9-13(11)23(3,21)22;/h5-6,8-10,12,16H,4,7H2,1-3H3,(H,17,18)(H,19,20);1H. The van der Waals surface area contributed by atoms with Gasteiger partial charge in [-0.15, -0.1) is 12.4 Å². The van der Waals surface area contributed by atoms with E-state index in [4.69, 9.17) is 5.11 Å². The molecule has 3 N–H and O–H groups in total. The van der Waals surface area contributed by atoms with E-state index in [2.05, 4.69) is 10.6 Å². The number of sulfone groups is 1. The van der Waals surface area contributed by atoms with E-state index in [1.54, 1.807) is 12.1 Å². The number of para-hydroxylation sites is 1. The molecule has 136 valence electrons. The third kappa shape index (κ3) is 6.46. The summed E-state index contributed by atoms with van der Waals surface area (Å²) in [6.45, 7) is 3.38. The number of aliphatic carboxylic acids is 1. The SMILES string of the molecule is CCCC(NC(C)C(=O)Nc1ccccc1S(C)(=O)=O)C(=O)O.Cl. The van der Waals surface area contributed by atoms with Crippen LogP contribution in [0, 0.1) is 0 Å². The Labute approximate surface area is 148 Å². The van der Waals surface area contributed by atoms with Crippen LogP contribution in [0.4, 0.5) is 5.69 Å². The van der Waals surface area contributed by atoms with Crippen LogP contribution < -0.4 is 10.6 Å². The highest BCUT2D eigenvalue weighted by atomic mass is 35.5. The zero-order valence-electron chi connectivity index (χ0n) is 13.8. The van der Waals surface area contributed by atoms with Crippen LogP contribution in [0.3, 0.4) is 0 Å². The number of nitrogens with one attached hydrogen (secondary N) is 2. The topological polar surface area (TPSA) is 113 Å². The predicted octanol–water partition coefficient (Wildman–Crippen LogP) is 1.68. The first-order chi connectivity index (χ1) is 10.7. The highest BCUT2D eigenvalue weighted by Crippen LogP contribution is 2.20. The van der Waals surface area contributed by atoms with Gasteiger partial charge in [0.2, 0.25) is 5.91 Å². The Bertz CT molecular complexity index is 678. The van der Waals surface area contributed by atoms with Gasteiger partial charge in [-0.05, 0) is 25.5 Å². The summed E-state index contributed by atoms with van der Waals surface area (Å²) >= 11 is 0. The Morgan fingerprint density at radius 1 is 1.25 bits per heavy atom. The van der Waals surface area contributed by atoms with Gasteiger partial charge in [0.15, 0.2) is 9.84 Å². The Morgan fingerprint density at radius 2 is 1.83 bits per heavy atom. The van der Waals surface area contributed by atoms with E-state index >= 15 is 0 Å². The lowest BCUT2D eigenvalue weighted by Gasteiger charge is -2.20. The fourth-order valence-electron chi connectivity index (χ4n) is 2.08. The van der Waals surface area contributed by atoms with Gasteiger partial charge in [0, 0.05) is 6.26 Å². The number of anilines is 1. The molecule has 0 radical (unpaired) electrons. The van der Waals surface area contributed by atoms with Gasteiger partial charge in [0.25, 0.3) is 0 Å². The van der Waals surface area contributed by atoms with Crippen molar-refractivity contribution in [3.05, 3.63) is 24.3 Å². The van der Waals surface area contributed by atoms with E-state index < -0.39 is 33.8 Å². The van der Waals surface area contributed by atoms with Crippen molar-refractivity contribution in [2.24, 2.45) is 0 Å². The summed E-state index contributed by atoms with van der Waals surface area (Å²) in [5, 5.41) is 14.4. The summed E-state index contributed by atoms with van der Waals surface area (Å²) in [4.78, 5) is 23.3. The van der Waals surface area contributed by atoms with Crippen molar-refractivity contribution in [1.29, 1.82) is 0 Å². The van der Waals surface area contributed by atoms with Crippen LogP contribution in [0.5, 0.6) is 0 Å². The summed E-state index contributed by atoms with van der Waals surface area (Å²) in [5.41, 5.74) is 0.177. The quantitative estimate of drug-likeness (QED) is 0.634. The Balaban J connectivity index is 0.00000529. The normalized spacial score (nSPS) is 13.5. The van der Waals surface area contributed by atoms with E-state index in [1.807, 2.05) is 6.92 Å². The molecule has 2 atom stereocenters. The number of amides is 1.